The van der Waals surface area contributed by atoms with E-state index in [0.717, 1.165) is 4.80 Å². The van der Waals surface area contributed by atoms with Crippen molar-refractivity contribution in [1.82, 2.24) is 25.5 Å². The van der Waals surface area contributed by atoms with Crippen molar-refractivity contribution in [3.8, 4) is 17.1 Å². The number of nitrogens with one attached hydrogen (secondary N) is 1. The number of methoxy groups -OCH3 is 1. The van der Waals surface area contributed by atoms with Crippen LogP contribution in [0.5, 0.6) is 5.75 Å². The van der Waals surface area contributed by atoms with Crippen molar-refractivity contribution in [1.29, 1.82) is 0 Å². The van der Waals surface area contributed by atoms with E-state index in [9.17, 15) is 14.0 Å². The van der Waals surface area contributed by atoms with Gasteiger partial charge in [0.25, 0.3) is 11.8 Å². The molecule has 2 aromatic heterocycles. The number of benzene rings is 2. The first-order valence-electron chi connectivity index (χ1n) is 11.9. The summed E-state index contributed by atoms with van der Waals surface area (Å²) in [5, 5.41) is 15.2. The number of furan rings is 1. The van der Waals surface area contributed by atoms with Crippen LogP contribution in [0.1, 0.15) is 38.3 Å². The predicted octanol–water partition coefficient (Wildman–Crippen LogP) is 4.08. The molecular formula is C27H29FN6O4. The lowest BCUT2D eigenvalue weighted by atomic mass is 10.1. The van der Waals surface area contributed by atoms with Crippen molar-refractivity contribution in [3.63, 3.8) is 0 Å². The molecule has 0 radical (unpaired) electrons. The van der Waals surface area contributed by atoms with Crippen LogP contribution in [0.15, 0.2) is 65.1 Å². The number of aromatic nitrogens is 4. The largest absolute Gasteiger partial charge is 0.495 e. The summed E-state index contributed by atoms with van der Waals surface area (Å²) in [6, 6.07) is 14.7. The molecule has 11 heteroatoms. The van der Waals surface area contributed by atoms with Crippen LogP contribution in [-0.2, 0) is 16.1 Å². The van der Waals surface area contributed by atoms with Crippen molar-refractivity contribution in [2.24, 2.45) is 0 Å². The zero-order chi connectivity index (χ0) is 27.4. The Morgan fingerprint density at radius 1 is 1.11 bits per heavy atom. The Bertz CT molecular complexity index is 1420. The Hall–Kier alpha value is -4.54. The van der Waals surface area contributed by atoms with Crippen LogP contribution in [-0.4, -0.2) is 44.7 Å². The normalized spacial score (nSPS) is 12.2. The molecule has 1 N–H and O–H groups in total. The highest BCUT2D eigenvalue weighted by Crippen LogP contribution is 2.36. The molecule has 0 fully saturated rings. The fraction of sp³-hybridized carbons (Fsp3) is 0.296. The van der Waals surface area contributed by atoms with Crippen LogP contribution in [0.3, 0.4) is 0 Å². The number of tetrazole rings is 1. The van der Waals surface area contributed by atoms with Crippen LogP contribution in [0.25, 0.3) is 11.4 Å². The molecule has 2 amide bonds. The Labute approximate surface area is 219 Å². The molecule has 4 rings (SSSR count). The summed E-state index contributed by atoms with van der Waals surface area (Å²) in [6.45, 7) is 6.96. The second-order valence-corrected chi connectivity index (χ2v) is 9.68. The standard InChI is InChI=1S/C27H29FN6O4/c1-17-10-15-22(38-17)24(26(36)29-27(2,3)4)34(20-8-6-7-9-21(20)37-5)23(35)16-33-31-25(30-32-33)18-11-13-19(28)14-12-18/h6-15,24H,16H2,1-5H3,(H,29,36)/t24-/m0/s1. The zero-order valence-electron chi connectivity index (χ0n) is 21.8. The third-order valence-electron chi connectivity index (χ3n) is 5.48. The quantitative estimate of drug-likeness (QED) is 0.372. The van der Waals surface area contributed by atoms with Crippen LogP contribution in [0.4, 0.5) is 10.1 Å². The number of anilines is 1. The molecule has 0 unspecified atom stereocenters. The molecule has 0 spiro atoms. The molecule has 0 saturated heterocycles. The van der Waals surface area contributed by atoms with Gasteiger partial charge in [0.05, 0.1) is 12.8 Å². The number of nitrogens with zero attached hydrogens (tertiary/aromatic N) is 5. The van der Waals surface area contributed by atoms with E-state index in [1.54, 1.807) is 43.3 Å². The van der Waals surface area contributed by atoms with Crippen molar-refractivity contribution >= 4 is 17.5 Å². The van der Waals surface area contributed by atoms with Gasteiger partial charge in [0.1, 0.15) is 29.6 Å². The van der Waals surface area contributed by atoms with Gasteiger partial charge in [0.2, 0.25) is 5.82 Å². The van der Waals surface area contributed by atoms with Crippen LogP contribution in [0.2, 0.25) is 0 Å². The first-order valence-corrected chi connectivity index (χ1v) is 11.9. The van der Waals surface area contributed by atoms with E-state index in [0.29, 0.717) is 22.8 Å². The minimum atomic E-state index is -1.16. The van der Waals surface area contributed by atoms with Gasteiger partial charge in [-0.25, -0.2) is 4.39 Å². The van der Waals surface area contributed by atoms with Crippen LogP contribution in [0, 0.1) is 12.7 Å². The fourth-order valence-electron chi connectivity index (χ4n) is 3.88. The Morgan fingerprint density at radius 2 is 1.82 bits per heavy atom. The molecule has 1 atom stereocenters. The molecule has 2 heterocycles. The smallest absolute Gasteiger partial charge is 0.251 e. The average molecular weight is 521 g/mol. The number of hydrogen-bond donors (Lipinski definition) is 1. The number of aryl methyl sites for hydroxylation is 1. The first-order chi connectivity index (χ1) is 18.1. The number of amides is 2. The van der Waals surface area contributed by atoms with Gasteiger partial charge >= 0.3 is 0 Å². The number of carbonyl (C=O) groups is 2. The maximum atomic E-state index is 13.9. The number of halogens is 1. The van der Waals surface area contributed by atoms with E-state index in [2.05, 4.69) is 20.7 Å². The Kier molecular flexibility index (Phi) is 7.56. The summed E-state index contributed by atoms with van der Waals surface area (Å²) < 4.78 is 24.7. The molecule has 2 aromatic carbocycles. The van der Waals surface area contributed by atoms with E-state index in [-0.39, 0.29) is 18.1 Å². The summed E-state index contributed by atoms with van der Waals surface area (Å²) in [5.41, 5.74) is 0.325. The van der Waals surface area contributed by atoms with Crippen molar-refractivity contribution in [2.75, 3.05) is 12.0 Å². The van der Waals surface area contributed by atoms with Gasteiger partial charge in [0.15, 0.2) is 6.04 Å². The molecule has 0 bridgehead atoms. The third kappa shape index (κ3) is 6.05. The fourth-order valence-corrected chi connectivity index (χ4v) is 3.88. The average Bonchev–Trinajstić information content (AvgIpc) is 3.50. The van der Waals surface area contributed by atoms with Gasteiger partial charge < -0.3 is 14.5 Å². The first kappa shape index (κ1) is 26.5. The van der Waals surface area contributed by atoms with Crippen molar-refractivity contribution in [2.45, 2.75) is 45.8 Å². The van der Waals surface area contributed by atoms with E-state index >= 15 is 0 Å². The van der Waals surface area contributed by atoms with E-state index in [1.807, 2.05) is 20.8 Å². The van der Waals surface area contributed by atoms with Gasteiger partial charge in [-0.2, -0.15) is 4.80 Å². The summed E-state index contributed by atoms with van der Waals surface area (Å²) in [6.07, 6.45) is 0. The molecule has 0 aliphatic rings. The highest BCUT2D eigenvalue weighted by Gasteiger charge is 2.38. The van der Waals surface area contributed by atoms with E-state index in [4.69, 9.17) is 9.15 Å². The Balaban J connectivity index is 1.76. The number of para-hydroxylation sites is 2. The van der Waals surface area contributed by atoms with Gasteiger partial charge in [-0.05, 0) is 81.4 Å². The predicted molar refractivity (Wildman–Crippen MR) is 138 cm³/mol. The lowest BCUT2D eigenvalue weighted by Gasteiger charge is -2.33. The summed E-state index contributed by atoms with van der Waals surface area (Å²) in [7, 11) is 1.48. The summed E-state index contributed by atoms with van der Waals surface area (Å²) in [5.74, 6) is 0.133. The number of rotatable bonds is 8. The maximum absolute atomic E-state index is 13.9. The topological polar surface area (TPSA) is 115 Å². The number of carbonyl (C=O) groups excluding carboxylic acids is 2. The SMILES string of the molecule is COc1ccccc1N(C(=O)Cn1nnc(-c2ccc(F)cc2)n1)[C@H](C(=O)NC(C)(C)C)c1ccc(C)o1. The number of ether oxygens (including phenoxy) is 1. The summed E-state index contributed by atoms with van der Waals surface area (Å²) in [4.78, 5) is 30.0. The molecule has 10 nitrogen and oxygen atoms in total. The second kappa shape index (κ2) is 10.8. The highest BCUT2D eigenvalue weighted by molar-refractivity contribution is 6.02. The minimum absolute atomic E-state index is 0.227. The van der Waals surface area contributed by atoms with E-state index in [1.165, 1.54) is 36.3 Å². The number of hydrogen-bond acceptors (Lipinski definition) is 7. The Morgan fingerprint density at radius 3 is 2.45 bits per heavy atom. The highest BCUT2D eigenvalue weighted by atomic mass is 19.1. The van der Waals surface area contributed by atoms with Crippen molar-refractivity contribution in [3.05, 3.63) is 78.0 Å². The van der Waals surface area contributed by atoms with Crippen molar-refractivity contribution < 1.29 is 23.1 Å². The lowest BCUT2D eigenvalue weighted by Crippen LogP contribution is -2.50. The lowest BCUT2D eigenvalue weighted by molar-refractivity contribution is -0.128. The third-order valence-corrected chi connectivity index (χ3v) is 5.48. The van der Waals surface area contributed by atoms with Gasteiger partial charge in [-0.1, -0.05) is 12.1 Å². The molecule has 0 aliphatic carbocycles. The van der Waals surface area contributed by atoms with Gasteiger partial charge in [-0.3, -0.25) is 14.5 Å². The molecule has 4 aromatic rings. The molecule has 38 heavy (non-hydrogen) atoms. The van der Waals surface area contributed by atoms with Crippen LogP contribution < -0.4 is 15.0 Å². The zero-order valence-corrected chi connectivity index (χ0v) is 21.8. The van der Waals surface area contributed by atoms with Gasteiger partial charge in [0, 0.05) is 11.1 Å². The second-order valence-electron chi connectivity index (χ2n) is 9.68. The minimum Gasteiger partial charge on any atom is -0.495 e. The molecule has 0 aliphatic heterocycles. The molecular weight excluding hydrogens is 491 g/mol. The van der Waals surface area contributed by atoms with Gasteiger partial charge in [-0.15, -0.1) is 10.2 Å². The maximum Gasteiger partial charge on any atom is 0.251 e. The monoisotopic (exact) mass is 520 g/mol. The summed E-state index contributed by atoms with van der Waals surface area (Å²) >= 11 is 0. The van der Waals surface area contributed by atoms with E-state index < -0.39 is 29.2 Å². The molecule has 198 valence electrons. The molecule has 0 saturated carbocycles. The van der Waals surface area contributed by atoms with Crippen LogP contribution >= 0.6 is 0 Å².